The van der Waals surface area contributed by atoms with Crippen LogP contribution in [0.4, 0.5) is 0 Å². The van der Waals surface area contributed by atoms with Crippen LogP contribution in [0.3, 0.4) is 0 Å². The number of hydrogen-bond donors (Lipinski definition) is 1. The lowest BCUT2D eigenvalue weighted by Crippen LogP contribution is -2.08. The lowest BCUT2D eigenvalue weighted by atomic mass is 10.2. The summed E-state index contributed by atoms with van der Waals surface area (Å²) in [5, 5.41) is 10.1. The van der Waals surface area contributed by atoms with E-state index in [1.165, 1.54) is 55.3 Å². The quantitative estimate of drug-likeness (QED) is 0.641. The van der Waals surface area contributed by atoms with E-state index in [2.05, 4.69) is 27.4 Å². The Morgan fingerprint density at radius 1 is 1.22 bits per heavy atom. The first-order valence-corrected chi connectivity index (χ1v) is 8.62. The smallest absolute Gasteiger partial charge is 0.191 e. The van der Waals surface area contributed by atoms with E-state index in [0.29, 0.717) is 17.4 Å². The van der Waals surface area contributed by atoms with Crippen molar-refractivity contribution >= 4 is 24.4 Å². The zero-order valence-corrected chi connectivity index (χ0v) is 12.2. The molecule has 3 saturated carbocycles. The largest absolute Gasteiger partial charge is 0.303 e. The minimum atomic E-state index is 0.508. The lowest BCUT2D eigenvalue weighted by Gasteiger charge is -2.12. The van der Waals surface area contributed by atoms with Gasteiger partial charge < -0.3 is 4.57 Å². The van der Waals surface area contributed by atoms with Crippen LogP contribution in [0.25, 0.3) is 0 Å². The van der Waals surface area contributed by atoms with Crippen molar-refractivity contribution in [3.63, 3.8) is 0 Å². The van der Waals surface area contributed by atoms with Gasteiger partial charge in [0.05, 0.1) is 0 Å². The normalized spacial score (nSPS) is 25.4. The fraction of sp³-hybridized carbons (Fsp3) is 0.846. The molecule has 0 radical (unpaired) electrons. The second-order valence-corrected chi connectivity index (χ2v) is 7.42. The maximum atomic E-state index is 4.48. The average Bonchev–Trinajstić information content (AvgIpc) is 3.23. The summed E-state index contributed by atoms with van der Waals surface area (Å²) in [7, 11) is 0. The number of thiol groups is 1. The summed E-state index contributed by atoms with van der Waals surface area (Å²) in [6, 6.07) is 0.712. The van der Waals surface area contributed by atoms with Crippen molar-refractivity contribution in [2.45, 2.75) is 55.6 Å². The van der Waals surface area contributed by atoms with Crippen LogP contribution in [0, 0.1) is 5.41 Å². The van der Waals surface area contributed by atoms with E-state index < -0.39 is 0 Å². The Morgan fingerprint density at radius 3 is 2.56 bits per heavy atom. The molecule has 1 aromatic rings. The van der Waals surface area contributed by atoms with Gasteiger partial charge in [0, 0.05) is 17.7 Å². The van der Waals surface area contributed by atoms with Crippen molar-refractivity contribution in [2.24, 2.45) is 5.41 Å². The lowest BCUT2D eigenvalue weighted by molar-refractivity contribution is 0.622. The summed E-state index contributed by atoms with van der Waals surface area (Å²) in [5.41, 5.74) is 0.508. The predicted octanol–water partition coefficient (Wildman–Crippen LogP) is 3.29. The maximum absolute atomic E-state index is 4.48. The zero-order chi connectivity index (χ0) is 12.2. The highest BCUT2D eigenvalue weighted by Crippen LogP contribution is 2.51. The maximum Gasteiger partial charge on any atom is 0.191 e. The van der Waals surface area contributed by atoms with Crippen molar-refractivity contribution in [2.75, 3.05) is 11.5 Å². The monoisotopic (exact) mass is 281 g/mol. The van der Waals surface area contributed by atoms with E-state index in [-0.39, 0.29) is 0 Å². The number of aromatic nitrogens is 3. The van der Waals surface area contributed by atoms with E-state index in [1.54, 1.807) is 0 Å². The van der Waals surface area contributed by atoms with Gasteiger partial charge in [-0.05, 0) is 49.7 Å². The second-order valence-electron chi connectivity index (χ2n) is 6.16. The summed E-state index contributed by atoms with van der Waals surface area (Å²) in [4.78, 5) is 0. The highest BCUT2D eigenvalue weighted by atomic mass is 32.2. The molecule has 5 heteroatoms. The highest BCUT2D eigenvalue weighted by molar-refractivity contribution is 7.99. The van der Waals surface area contributed by atoms with Crippen LogP contribution in [0.2, 0.25) is 0 Å². The molecule has 3 nitrogen and oxygen atoms in total. The van der Waals surface area contributed by atoms with Gasteiger partial charge in [-0.15, -0.1) is 10.2 Å². The Hall–Kier alpha value is -0.160. The SMILES string of the molecule is SCC1(CSc2nnc(C3CC3)n2C2CC2)CC1. The molecule has 3 fully saturated rings. The van der Waals surface area contributed by atoms with E-state index in [1.807, 2.05) is 11.8 Å². The van der Waals surface area contributed by atoms with Gasteiger partial charge in [-0.25, -0.2) is 0 Å². The summed E-state index contributed by atoms with van der Waals surface area (Å²) in [5.74, 6) is 4.18. The number of thioether (sulfide) groups is 1. The molecular formula is C13H19N3S2. The number of nitrogens with zero attached hydrogens (tertiary/aromatic N) is 3. The van der Waals surface area contributed by atoms with E-state index >= 15 is 0 Å². The Morgan fingerprint density at radius 2 is 2.00 bits per heavy atom. The molecule has 1 aromatic heterocycles. The molecule has 3 aliphatic rings. The van der Waals surface area contributed by atoms with Crippen LogP contribution in [-0.4, -0.2) is 26.3 Å². The van der Waals surface area contributed by atoms with E-state index in [4.69, 9.17) is 0 Å². The van der Waals surface area contributed by atoms with Gasteiger partial charge in [0.15, 0.2) is 5.16 Å². The molecule has 4 rings (SSSR count). The number of hydrogen-bond acceptors (Lipinski definition) is 4. The van der Waals surface area contributed by atoms with Crippen LogP contribution >= 0.6 is 24.4 Å². The third-order valence-corrected chi connectivity index (χ3v) is 6.31. The molecule has 0 atom stereocenters. The Balaban J connectivity index is 1.52. The van der Waals surface area contributed by atoms with E-state index in [9.17, 15) is 0 Å². The molecule has 1 heterocycles. The Labute approximate surface area is 118 Å². The third kappa shape index (κ3) is 2.09. The molecule has 0 aromatic carbocycles. The summed E-state index contributed by atoms with van der Waals surface area (Å²) >= 11 is 6.40. The summed E-state index contributed by atoms with van der Waals surface area (Å²) < 4.78 is 2.46. The fourth-order valence-electron chi connectivity index (χ4n) is 2.43. The van der Waals surface area contributed by atoms with Gasteiger partial charge in [0.2, 0.25) is 0 Å². The Bertz CT molecular complexity index is 459. The molecule has 98 valence electrons. The third-order valence-electron chi connectivity index (χ3n) is 4.35. The van der Waals surface area contributed by atoms with Crippen LogP contribution < -0.4 is 0 Å². The molecule has 0 unspecified atom stereocenters. The van der Waals surface area contributed by atoms with Gasteiger partial charge in [-0.3, -0.25) is 0 Å². The van der Waals surface area contributed by atoms with Crippen LogP contribution in [0.1, 0.15) is 56.3 Å². The van der Waals surface area contributed by atoms with E-state index in [0.717, 1.165) is 5.75 Å². The standard InChI is InChI=1S/C13H19N3S2/c17-7-13(5-6-13)8-18-12-15-14-11(9-1-2-9)16(12)10-3-4-10/h9-10,17H,1-8H2. The van der Waals surface area contributed by atoms with Gasteiger partial charge in [-0.1, -0.05) is 11.8 Å². The van der Waals surface area contributed by atoms with Crippen molar-refractivity contribution < 1.29 is 0 Å². The molecule has 0 bridgehead atoms. The van der Waals surface area contributed by atoms with Crippen LogP contribution in [-0.2, 0) is 0 Å². The molecule has 0 N–H and O–H groups in total. The van der Waals surface area contributed by atoms with Gasteiger partial charge in [-0.2, -0.15) is 12.6 Å². The molecule has 3 aliphatic carbocycles. The minimum Gasteiger partial charge on any atom is -0.303 e. The summed E-state index contributed by atoms with van der Waals surface area (Å²) in [6.45, 7) is 0. The van der Waals surface area contributed by atoms with Gasteiger partial charge in [0.1, 0.15) is 5.82 Å². The van der Waals surface area contributed by atoms with Crippen molar-refractivity contribution in [3.05, 3.63) is 5.82 Å². The molecule has 0 spiro atoms. The molecule has 0 aliphatic heterocycles. The first kappa shape index (κ1) is 11.6. The predicted molar refractivity (Wildman–Crippen MR) is 76.5 cm³/mol. The van der Waals surface area contributed by atoms with Gasteiger partial charge in [0.25, 0.3) is 0 Å². The Kier molecular flexibility index (Phi) is 2.70. The number of rotatable bonds is 6. The topological polar surface area (TPSA) is 30.7 Å². The van der Waals surface area contributed by atoms with Crippen LogP contribution in [0.15, 0.2) is 5.16 Å². The van der Waals surface area contributed by atoms with Crippen molar-refractivity contribution in [1.29, 1.82) is 0 Å². The van der Waals surface area contributed by atoms with Gasteiger partial charge >= 0.3 is 0 Å². The van der Waals surface area contributed by atoms with Crippen molar-refractivity contribution in [3.8, 4) is 0 Å². The zero-order valence-electron chi connectivity index (χ0n) is 10.5. The second kappa shape index (κ2) is 4.17. The highest BCUT2D eigenvalue weighted by Gasteiger charge is 2.42. The molecular weight excluding hydrogens is 262 g/mol. The molecule has 0 amide bonds. The van der Waals surface area contributed by atoms with Crippen molar-refractivity contribution in [1.82, 2.24) is 14.8 Å². The summed E-state index contributed by atoms with van der Waals surface area (Å²) in [6.07, 6.45) is 7.96. The fourth-order valence-corrected chi connectivity index (χ4v) is 4.31. The molecule has 18 heavy (non-hydrogen) atoms. The first-order chi connectivity index (χ1) is 8.81. The van der Waals surface area contributed by atoms with Crippen LogP contribution in [0.5, 0.6) is 0 Å². The molecule has 0 saturated heterocycles. The minimum absolute atomic E-state index is 0.508. The first-order valence-electron chi connectivity index (χ1n) is 7.00. The average molecular weight is 281 g/mol.